The minimum absolute atomic E-state index is 0.0183. The molecule has 2 rings (SSSR count). The Morgan fingerprint density at radius 3 is 2.86 bits per heavy atom. The summed E-state index contributed by atoms with van der Waals surface area (Å²) in [6.07, 6.45) is 3.32. The summed E-state index contributed by atoms with van der Waals surface area (Å²) in [5.74, 6) is 1.46. The summed E-state index contributed by atoms with van der Waals surface area (Å²) in [5, 5.41) is 3.20. The molecule has 1 aliphatic rings. The lowest BCUT2D eigenvalue weighted by atomic mass is 9.99. The summed E-state index contributed by atoms with van der Waals surface area (Å²) in [4.78, 5) is 18.5. The van der Waals surface area contributed by atoms with Gasteiger partial charge < -0.3 is 10.3 Å². The summed E-state index contributed by atoms with van der Waals surface area (Å²) in [5.41, 5.74) is 0.783. The molecule has 2 heterocycles. The van der Waals surface area contributed by atoms with Crippen LogP contribution in [0.4, 0.5) is 0 Å². The van der Waals surface area contributed by atoms with Crippen LogP contribution in [-0.2, 0) is 12.8 Å². The van der Waals surface area contributed by atoms with Crippen molar-refractivity contribution in [1.29, 1.82) is 0 Å². The second kappa shape index (κ2) is 3.92. The van der Waals surface area contributed by atoms with Crippen LogP contribution in [-0.4, -0.2) is 23.1 Å². The van der Waals surface area contributed by atoms with Gasteiger partial charge in [0.05, 0.1) is 0 Å². The van der Waals surface area contributed by atoms with Crippen molar-refractivity contribution in [1.82, 2.24) is 15.3 Å². The first-order valence-corrected chi connectivity index (χ1v) is 5.07. The number of nitrogens with one attached hydrogen (secondary N) is 2. The van der Waals surface area contributed by atoms with Crippen LogP contribution in [0.25, 0.3) is 0 Å². The van der Waals surface area contributed by atoms with E-state index in [4.69, 9.17) is 0 Å². The summed E-state index contributed by atoms with van der Waals surface area (Å²) in [6, 6.07) is 0. The molecule has 1 fully saturated rings. The van der Waals surface area contributed by atoms with Crippen LogP contribution in [0.2, 0.25) is 0 Å². The van der Waals surface area contributed by atoms with Gasteiger partial charge in [-0.25, -0.2) is 4.98 Å². The van der Waals surface area contributed by atoms with Gasteiger partial charge in [0.15, 0.2) is 0 Å². The van der Waals surface area contributed by atoms with E-state index in [2.05, 4.69) is 15.3 Å². The molecule has 1 aromatic rings. The molecule has 0 atom stereocenters. The maximum atomic E-state index is 11.4. The van der Waals surface area contributed by atoms with Gasteiger partial charge in [0.25, 0.3) is 5.56 Å². The standard InChI is InChI=1S/C10H15N3O/c1-2-8-6-12-9(13-10(8)14)3-7-4-11-5-7/h6-7,11H,2-5H2,1H3,(H,12,13,14). The Balaban J connectivity index is 2.11. The number of hydrogen-bond donors (Lipinski definition) is 2. The number of aryl methyl sites for hydroxylation is 1. The lowest BCUT2D eigenvalue weighted by Crippen LogP contribution is -2.43. The first-order valence-electron chi connectivity index (χ1n) is 5.07. The second-order valence-electron chi connectivity index (χ2n) is 3.77. The van der Waals surface area contributed by atoms with E-state index < -0.39 is 0 Å². The fraction of sp³-hybridized carbons (Fsp3) is 0.600. The smallest absolute Gasteiger partial charge is 0.254 e. The maximum absolute atomic E-state index is 11.4. The highest BCUT2D eigenvalue weighted by atomic mass is 16.1. The molecule has 0 unspecified atom stereocenters. The van der Waals surface area contributed by atoms with E-state index in [9.17, 15) is 4.79 Å². The van der Waals surface area contributed by atoms with Crippen LogP contribution in [0.5, 0.6) is 0 Å². The lowest BCUT2D eigenvalue weighted by Gasteiger charge is -2.26. The van der Waals surface area contributed by atoms with Crippen LogP contribution >= 0.6 is 0 Å². The maximum Gasteiger partial charge on any atom is 0.254 e. The minimum atomic E-state index is 0.0183. The molecular formula is C10H15N3O. The van der Waals surface area contributed by atoms with Crippen LogP contribution in [0, 0.1) is 5.92 Å². The van der Waals surface area contributed by atoms with Gasteiger partial charge in [-0.1, -0.05) is 6.92 Å². The van der Waals surface area contributed by atoms with Crippen molar-refractivity contribution in [3.63, 3.8) is 0 Å². The average molecular weight is 193 g/mol. The molecule has 2 N–H and O–H groups in total. The van der Waals surface area contributed by atoms with Crippen molar-refractivity contribution in [2.45, 2.75) is 19.8 Å². The molecule has 1 aliphatic heterocycles. The van der Waals surface area contributed by atoms with Crippen molar-refractivity contribution >= 4 is 0 Å². The molecule has 4 heteroatoms. The second-order valence-corrected chi connectivity index (χ2v) is 3.77. The first kappa shape index (κ1) is 9.40. The molecule has 0 saturated carbocycles. The van der Waals surface area contributed by atoms with Gasteiger partial charge in [-0.2, -0.15) is 0 Å². The van der Waals surface area contributed by atoms with Crippen molar-refractivity contribution in [2.24, 2.45) is 5.92 Å². The zero-order valence-electron chi connectivity index (χ0n) is 8.34. The fourth-order valence-electron chi connectivity index (χ4n) is 1.58. The molecule has 0 aromatic carbocycles. The summed E-state index contributed by atoms with van der Waals surface area (Å²) in [7, 11) is 0. The normalized spacial score (nSPS) is 16.6. The molecular weight excluding hydrogens is 178 g/mol. The molecule has 0 bridgehead atoms. The topological polar surface area (TPSA) is 57.8 Å². The van der Waals surface area contributed by atoms with Gasteiger partial charge >= 0.3 is 0 Å². The van der Waals surface area contributed by atoms with Crippen molar-refractivity contribution < 1.29 is 0 Å². The third-order valence-corrected chi connectivity index (χ3v) is 2.65. The van der Waals surface area contributed by atoms with E-state index in [1.807, 2.05) is 6.92 Å². The van der Waals surface area contributed by atoms with Crippen LogP contribution in [0.1, 0.15) is 18.3 Å². The Labute approximate surface area is 82.8 Å². The number of hydrogen-bond acceptors (Lipinski definition) is 3. The van der Waals surface area contributed by atoms with Gasteiger partial charge in [-0.05, 0) is 25.4 Å². The predicted octanol–water partition coefficient (Wildman–Crippen LogP) is 0.0942. The molecule has 4 nitrogen and oxygen atoms in total. The third-order valence-electron chi connectivity index (χ3n) is 2.65. The molecule has 76 valence electrons. The predicted molar refractivity (Wildman–Crippen MR) is 54.3 cm³/mol. The Kier molecular flexibility index (Phi) is 2.63. The summed E-state index contributed by atoms with van der Waals surface area (Å²) in [6.45, 7) is 4.04. The molecule has 0 radical (unpaired) electrons. The number of aromatic amines is 1. The van der Waals surface area contributed by atoms with E-state index in [0.29, 0.717) is 5.92 Å². The Bertz CT molecular complexity index is 368. The third kappa shape index (κ3) is 1.85. The number of aromatic nitrogens is 2. The highest BCUT2D eigenvalue weighted by Gasteiger charge is 2.18. The van der Waals surface area contributed by atoms with Crippen LogP contribution in [0.3, 0.4) is 0 Å². The SMILES string of the molecule is CCc1cnc(CC2CNC2)[nH]c1=O. The van der Waals surface area contributed by atoms with Gasteiger partial charge in [-0.3, -0.25) is 4.79 Å². The molecule has 1 aromatic heterocycles. The molecule has 0 amide bonds. The fourth-order valence-corrected chi connectivity index (χ4v) is 1.58. The molecule has 0 aliphatic carbocycles. The van der Waals surface area contributed by atoms with Gasteiger partial charge in [0, 0.05) is 18.2 Å². The Morgan fingerprint density at radius 2 is 2.36 bits per heavy atom. The van der Waals surface area contributed by atoms with E-state index in [0.717, 1.165) is 37.3 Å². The first-order chi connectivity index (χ1) is 6.79. The lowest BCUT2D eigenvalue weighted by molar-refractivity contribution is 0.340. The largest absolute Gasteiger partial charge is 0.316 e. The Morgan fingerprint density at radius 1 is 1.57 bits per heavy atom. The molecule has 1 saturated heterocycles. The quantitative estimate of drug-likeness (QED) is 0.715. The average Bonchev–Trinajstić information content (AvgIpc) is 2.12. The van der Waals surface area contributed by atoms with E-state index in [1.165, 1.54) is 0 Å². The van der Waals surface area contributed by atoms with Gasteiger partial charge in [0.1, 0.15) is 5.82 Å². The summed E-state index contributed by atoms with van der Waals surface area (Å²) >= 11 is 0. The zero-order chi connectivity index (χ0) is 9.97. The van der Waals surface area contributed by atoms with E-state index in [1.54, 1.807) is 6.20 Å². The van der Waals surface area contributed by atoms with Crippen molar-refractivity contribution in [3.05, 3.63) is 27.9 Å². The number of rotatable bonds is 3. The zero-order valence-corrected chi connectivity index (χ0v) is 8.34. The highest BCUT2D eigenvalue weighted by Crippen LogP contribution is 2.07. The molecule has 14 heavy (non-hydrogen) atoms. The van der Waals surface area contributed by atoms with Crippen LogP contribution in [0.15, 0.2) is 11.0 Å². The van der Waals surface area contributed by atoms with Crippen molar-refractivity contribution in [2.75, 3.05) is 13.1 Å². The highest BCUT2D eigenvalue weighted by molar-refractivity contribution is 5.06. The van der Waals surface area contributed by atoms with Crippen LogP contribution < -0.4 is 10.9 Å². The van der Waals surface area contributed by atoms with E-state index in [-0.39, 0.29) is 5.56 Å². The Hall–Kier alpha value is -1.16. The monoisotopic (exact) mass is 193 g/mol. The van der Waals surface area contributed by atoms with Crippen molar-refractivity contribution in [3.8, 4) is 0 Å². The summed E-state index contributed by atoms with van der Waals surface area (Å²) < 4.78 is 0. The number of H-pyrrole nitrogens is 1. The number of nitrogens with zero attached hydrogens (tertiary/aromatic N) is 1. The minimum Gasteiger partial charge on any atom is -0.316 e. The van der Waals surface area contributed by atoms with Gasteiger partial charge in [-0.15, -0.1) is 0 Å². The molecule has 0 spiro atoms. The van der Waals surface area contributed by atoms with Gasteiger partial charge in [0.2, 0.25) is 0 Å². The van der Waals surface area contributed by atoms with E-state index >= 15 is 0 Å².